The molecule has 2 unspecified atom stereocenters. The number of benzene rings is 1. The predicted octanol–water partition coefficient (Wildman–Crippen LogP) is 3.79. The van der Waals surface area contributed by atoms with Crippen molar-refractivity contribution in [2.45, 2.75) is 50.7 Å². The van der Waals surface area contributed by atoms with Crippen LogP contribution in [0.25, 0.3) is 22.2 Å². The lowest BCUT2D eigenvalue weighted by Gasteiger charge is -2.34. The van der Waals surface area contributed by atoms with Crippen LogP contribution < -0.4 is 20.7 Å². The Kier molecular flexibility index (Phi) is 6.09. The number of halogens is 2. The van der Waals surface area contributed by atoms with Gasteiger partial charge >= 0.3 is 6.01 Å². The van der Waals surface area contributed by atoms with Gasteiger partial charge in [-0.05, 0) is 70.0 Å². The Morgan fingerprint density at radius 2 is 1.92 bits per heavy atom. The molecule has 3 aromatic rings. The molecule has 0 radical (unpaired) electrons. The van der Waals surface area contributed by atoms with Gasteiger partial charge in [0.05, 0.1) is 16.3 Å². The first-order valence-electron chi connectivity index (χ1n) is 12.6. The molecule has 2 aromatic heterocycles. The molecule has 1 aromatic carbocycles. The van der Waals surface area contributed by atoms with Crippen molar-refractivity contribution in [3.8, 4) is 17.3 Å². The number of rotatable bonds is 5. The van der Waals surface area contributed by atoms with Gasteiger partial charge in [0.15, 0.2) is 5.82 Å². The Morgan fingerprint density at radius 1 is 1.14 bits per heavy atom. The third-order valence-electron chi connectivity index (χ3n) is 7.68. The third kappa shape index (κ3) is 4.33. The van der Waals surface area contributed by atoms with Crippen LogP contribution in [-0.4, -0.2) is 71.3 Å². The number of hydrogen-bond acceptors (Lipinski definition) is 8. The number of nitrogens with one attached hydrogen (secondary N) is 1. The first-order valence-corrected chi connectivity index (χ1v) is 13.0. The topological polar surface area (TPSA) is 92.4 Å². The van der Waals surface area contributed by atoms with Gasteiger partial charge in [-0.15, -0.1) is 0 Å². The molecule has 3 aliphatic rings. The van der Waals surface area contributed by atoms with E-state index in [1.807, 2.05) is 6.92 Å². The molecular weight excluding hydrogens is 481 g/mol. The number of aromatic nitrogens is 3. The Balaban J connectivity index is 1.47. The molecule has 0 saturated carbocycles. The quantitative estimate of drug-likeness (QED) is 0.534. The summed E-state index contributed by atoms with van der Waals surface area (Å²) in [5, 5.41) is 4.47. The molecule has 3 fully saturated rings. The van der Waals surface area contributed by atoms with Crippen LogP contribution in [0.1, 0.15) is 31.2 Å². The second kappa shape index (κ2) is 9.28. The third-order valence-corrected chi connectivity index (χ3v) is 7.98. The fourth-order valence-electron chi connectivity index (χ4n) is 5.85. The fourth-order valence-corrected chi connectivity index (χ4v) is 6.14. The Hall–Kier alpha value is -2.75. The molecule has 190 valence electrons. The molecule has 0 spiro atoms. The van der Waals surface area contributed by atoms with Gasteiger partial charge in [-0.1, -0.05) is 11.6 Å². The van der Waals surface area contributed by atoms with Gasteiger partial charge in [-0.3, -0.25) is 0 Å². The Morgan fingerprint density at radius 3 is 2.61 bits per heavy atom. The van der Waals surface area contributed by atoms with Crippen LogP contribution in [0.5, 0.6) is 6.01 Å². The number of fused-ring (bicyclic) bond motifs is 3. The Labute approximate surface area is 215 Å². The average molecular weight is 512 g/mol. The second-order valence-electron chi connectivity index (χ2n) is 10.4. The van der Waals surface area contributed by atoms with E-state index < -0.39 is 5.82 Å². The summed E-state index contributed by atoms with van der Waals surface area (Å²) in [6, 6.07) is 6.54. The molecule has 0 amide bonds. The second-order valence-corrected chi connectivity index (χ2v) is 10.8. The number of likely N-dealkylation sites (N-methyl/N-ethyl adjacent to an activating group) is 1. The van der Waals surface area contributed by atoms with Crippen LogP contribution in [0, 0.1) is 12.7 Å². The average Bonchev–Trinajstić information content (AvgIpc) is 3.40. The van der Waals surface area contributed by atoms with Crippen LogP contribution in [0.15, 0.2) is 18.2 Å². The van der Waals surface area contributed by atoms with Crippen LogP contribution in [0.2, 0.25) is 5.02 Å². The molecular formula is C26H31ClFN7O. The summed E-state index contributed by atoms with van der Waals surface area (Å²) in [5.41, 5.74) is 7.58. The number of piperazine rings is 1. The summed E-state index contributed by atoms with van der Waals surface area (Å²) in [5.74, 6) is 0.432. The van der Waals surface area contributed by atoms with Crippen LogP contribution in [-0.2, 0) is 0 Å². The van der Waals surface area contributed by atoms with Crippen molar-refractivity contribution in [2.75, 3.05) is 43.9 Å². The smallest absolute Gasteiger partial charge is 0.319 e. The molecule has 3 saturated heterocycles. The monoisotopic (exact) mass is 511 g/mol. The zero-order valence-electron chi connectivity index (χ0n) is 20.6. The Bertz CT molecular complexity index is 1290. The summed E-state index contributed by atoms with van der Waals surface area (Å²) < 4.78 is 22.3. The molecule has 3 N–H and O–H groups in total. The number of nitrogens with two attached hydrogens (primary N) is 1. The van der Waals surface area contributed by atoms with E-state index in [0.717, 1.165) is 50.9 Å². The molecule has 6 rings (SSSR count). The fraction of sp³-hybridized carbons (Fsp3) is 0.500. The maximum atomic E-state index is 16.2. The first kappa shape index (κ1) is 23.6. The van der Waals surface area contributed by atoms with Gasteiger partial charge in [-0.2, -0.15) is 9.97 Å². The van der Waals surface area contributed by atoms with Gasteiger partial charge < -0.3 is 25.6 Å². The number of hydrogen-bond donors (Lipinski definition) is 2. The van der Waals surface area contributed by atoms with E-state index in [2.05, 4.69) is 32.1 Å². The van der Waals surface area contributed by atoms with Gasteiger partial charge in [0.2, 0.25) is 0 Å². The molecule has 2 bridgehead atoms. The van der Waals surface area contributed by atoms with Crippen molar-refractivity contribution in [2.24, 2.45) is 0 Å². The molecule has 36 heavy (non-hydrogen) atoms. The zero-order chi connectivity index (χ0) is 25.0. The van der Waals surface area contributed by atoms with Crippen molar-refractivity contribution in [3.63, 3.8) is 0 Å². The predicted molar refractivity (Wildman–Crippen MR) is 140 cm³/mol. The van der Waals surface area contributed by atoms with Crippen LogP contribution in [0.3, 0.4) is 0 Å². The van der Waals surface area contributed by atoms with Crippen molar-refractivity contribution in [1.82, 2.24) is 25.2 Å². The van der Waals surface area contributed by atoms with Gasteiger partial charge in [-0.25, -0.2) is 9.37 Å². The van der Waals surface area contributed by atoms with E-state index >= 15 is 4.39 Å². The number of likely N-dealkylation sites (tertiary alicyclic amines) is 1. The molecule has 5 heterocycles. The van der Waals surface area contributed by atoms with E-state index in [9.17, 15) is 0 Å². The summed E-state index contributed by atoms with van der Waals surface area (Å²) in [4.78, 5) is 18.2. The van der Waals surface area contributed by atoms with Crippen molar-refractivity contribution in [3.05, 3.63) is 34.6 Å². The highest BCUT2D eigenvalue weighted by Gasteiger charge is 2.34. The number of nitrogens with zero attached hydrogens (tertiary/aromatic N) is 5. The SMILES string of the molecule is Cc1cc(N)nc(-c2c(Cl)cc3c(N4CC5CCC(C4)N5)nc(OC[C@@H]4CCCN4C)nc3c2F)c1. The highest BCUT2D eigenvalue weighted by Crippen LogP contribution is 2.39. The van der Waals surface area contributed by atoms with Crippen molar-refractivity contribution < 1.29 is 9.13 Å². The normalized spacial score (nSPS) is 24.1. The van der Waals surface area contributed by atoms with E-state index in [1.165, 1.54) is 0 Å². The van der Waals surface area contributed by atoms with Gasteiger partial charge in [0.1, 0.15) is 23.8 Å². The zero-order valence-corrected chi connectivity index (χ0v) is 21.4. The molecule has 10 heteroatoms. The summed E-state index contributed by atoms with van der Waals surface area (Å²) in [7, 11) is 2.10. The lowest BCUT2D eigenvalue weighted by atomic mass is 10.0. The lowest BCUT2D eigenvalue weighted by Crippen LogP contribution is -2.51. The number of nitrogen functional groups attached to an aromatic ring is 1. The largest absolute Gasteiger partial charge is 0.462 e. The van der Waals surface area contributed by atoms with E-state index in [0.29, 0.717) is 47.4 Å². The van der Waals surface area contributed by atoms with Crippen molar-refractivity contribution >= 4 is 34.1 Å². The summed E-state index contributed by atoms with van der Waals surface area (Å²) in [6.07, 6.45) is 4.45. The van der Waals surface area contributed by atoms with E-state index in [-0.39, 0.29) is 22.1 Å². The minimum absolute atomic E-state index is 0.182. The molecule has 0 aliphatic carbocycles. The highest BCUT2D eigenvalue weighted by atomic mass is 35.5. The summed E-state index contributed by atoms with van der Waals surface area (Å²) >= 11 is 6.69. The number of pyridine rings is 1. The van der Waals surface area contributed by atoms with E-state index in [4.69, 9.17) is 27.1 Å². The maximum Gasteiger partial charge on any atom is 0.319 e. The molecule has 3 aliphatic heterocycles. The van der Waals surface area contributed by atoms with Gasteiger partial charge in [0, 0.05) is 36.6 Å². The van der Waals surface area contributed by atoms with Crippen molar-refractivity contribution in [1.29, 1.82) is 0 Å². The van der Waals surface area contributed by atoms with Gasteiger partial charge in [0.25, 0.3) is 0 Å². The minimum Gasteiger partial charge on any atom is -0.462 e. The number of ether oxygens (including phenoxy) is 1. The van der Waals surface area contributed by atoms with E-state index in [1.54, 1.807) is 18.2 Å². The lowest BCUT2D eigenvalue weighted by molar-refractivity contribution is 0.188. The minimum atomic E-state index is -0.542. The molecule has 8 nitrogen and oxygen atoms in total. The first-order chi connectivity index (χ1) is 17.4. The maximum absolute atomic E-state index is 16.2. The standard InChI is InChI=1S/C26H31ClFN7O/c1-14-8-20(31-21(29)9-14)22-19(27)10-18-24(23(22)28)32-26(36-13-17-4-3-7-34(17)2)33-25(18)35-11-15-5-6-16(12-35)30-15/h8-10,15-17,30H,3-7,11-13H2,1-2H3,(H2,29,31)/t15?,16?,17-/m0/s1. The number of aryl methyl sites for hydroxylation is 1. The number of anilines is 2. The summed E-state index contributed by atoms with van der Waals surface area (Å²) in [6.45, 7) is 4.99. The molecule has 3 atom stereocenters. The van der Waals surface area contributed by atoms with Crippen LogP contribution >= 0.6 is 11.6 Å². The van der Waals surface area contributed by atoms with Crippen LogP contribution in [0.4, 0.5) is 16.0 Å². The highest BCUT2D eigenvalue weighted by molar-refractivity contribution is 6.34.